The molecular weight excluding hydrogens is 208 g/mol. The van der Waals surface area contributed by atoms with E-state index in [4.69, 9.17) is 0 Å². The summed E-state index contributed by atoms with van der Waals surface area (Å²) < 4.78 is 0. The highest BCUT2D eigenvalue weighted by molar-refractivity contribution is 5.51. The molecule has 2 heteroatoms. The summed E-state index contributed by atoms with van der Waals surface area (Å²) in [5, 5.41) is 0. The minimum atomic E-state index is 0.785. The predicted octanol–water partition coefficient (Wildman–Crippen LogP) is 3.69. The Balaban J connectivity index is 1.75. The van der Waals surface area contributed by atoms with Crippen LogP contribution in [0.3, 0.4) is 0 Å². The lowest BCUT2D eigenvalue weighted by Crippen LogP contribution is -2.25. The molecule has 1 aromatic heterocycles. The standard InChI is InChI=1S/C15H20N2/c1-10(13-7-15(8-13)4-5-15)6-14-12(3)17-11(2)9-16-14/h6,9,13H,4-5,7-8H2,1-3H3/b10-6+. The normalized spacial score (nSPS) is 22.6. The second-order valence-corrected chi connectivity index (χ2v) is 5.98. The van der Waals surface area contributed by atoms with Crippen LogP contribution in [0.5, 0.6) is 0 Å². The van der Waals surface area contributed by atoms with E-state index in [1.54, 1.807) is 0 Å². The zero-order valence-electron chi connectivity index (χ0n) is 11.0. The van der Waals surface area contributed by atoms with Crippen LogP contribution < -0.4 is 0 Å². The van der Waals surface area contributed by atoms with Crippen LogP contribution in [0.4, 0.5) is 0 Å². The molecule has 0 aliphatic heterocycles. The molecule has 0 unspecified atom stereocenters. The van der Waals surface area contributed by atoms with Gasteiger partial charge < -0.3 is 0 Å². The molecule has 3 rings (SSSR count). The highest BCUT2D eigenvalue weighted by atomic mass is 14.8. The first-order valence-electron chi connectivity index (χ1n) is 6.56. The molecule has 17 heavy (non-hydrogen) atoms. The summed E-state index contributed by atoms with van der Waals surface area (Å²) in [6.45, 7) is 6.28. The lowest BCUT2D eigenvalue weighted by molar-refractivity contribution is 0.203. The number of rotatable bonds is 2. The van der Waals surface area contributed by atoms with Crippen LogP contribution in [0.1, 0.15) is 49.7 Å². The quantitative estimate of drug-likeness (QED) is 0.771. The fraction of sp³-hybridized carbons (Fsp3) is 0.600. The summed E-state index contributed by atoms with van der Waals surface area (Å²) in [5.74, 6) is 0.806. The number of aryl methyl sites for hydroxylation is 2. The topological polar surface area (TPSA) is 25.8 Å². The first-order chi connectivity index (χ1) is 8.08. The predicted molar refractivity (Wildman–Crippen MR) is 69.5 cm³/mol. The van der Waals surface area contributed by atoms with Gasteiger partial charge in [-0.3, -0.25) is 9.97 Å². The number of hydrogen-bond donors (Lipinski definition) is 0. The van der Waals surface area contributed by atoms with Crippen LogP contribution in [0.25, 0.3) is 6.08 Å². The van der Waals surface area contributed by atoms with Crippen molar-refractivity contribution in [3.63, 3.8) is 0 Å². The van der Waals surface area contributed by atoms with E-state index in [9.17, 15) is 0 Å². The van der Waals surface area contributed by atoms with Crippen molar-refractivity contribution in [3.8, 4) is 0 Å². The molecule has 1 aromatic rings. The van der Waals surface area contributed by atoms with Gasteiger partial charge in [0, 0.05) is 6.20 Å². The molecule has 2 fully saturated rings. The van der Waals surface area contributed by atoms with E-state index >= 15 is 0 Å². The zero-order valence-corrected chi connectivity index (χ0v) is 11.0. The van der Waals surface area contributed by atoms with E-state index in [0.29, 0.717) is 0 Å². The minimum absolute atomic E-state index is 0.785. The molecule has 1 spiro atoms. The van der Waals surface area contributed by atoms with Gasteiger partial charge in [-0.05, 0) is 63.9 Å². The Morgan fingerprint density at radius 3 is 2.65 bits per heavy atom. The number of hydrogen-bond acceptors (Lipinski definition) is 2. The maximum Gasteiger partial charge on any atom is 0.0841 e. The molecule has 2 aliphatic carbocycles. The van der Waals surface area contributed by atoms with E-state index < -0.39 is 0 Å². The third-order valence-corrected chi connectivity index (χ3v) is 4.43. The minimum Gasteiger partial charge on any atom is -0.255 e. The van der Waals surface area contributed by atoms with Crippen LogP contribution in [0.15, 0.2) is 11.8 Å². The molecule has 2 aliphatic rings. The molecule has 0 atom stereocenters. The number of nitrogens with zero attached hydrogens (tertiary/aromatic N) is 2. The van der Waals surface area contributed by atoms with Gasteiger partial charge in [-0.15, -0.1) is 0 Å². The van der Waals surface area contributed by atoms with Crippen molar-refractivity contribution >= 4 is 6.08 Å². The fourth-order valence-corrected chi connectivity index (χ4v) is 2.97. The number of aromatic nitrogens is 2. The Morgan fingerprint density at radius 2 is 2.06 bits per heavy atom. The summed E-state index contributed by atoms with van der Waals surface area (Å²) in [6.07, 6.45) is 9.86. The van der Waals surface area contributed by atoms with Crippen molar-refractivity contribution in [1.29, 1.82) is 0 Å². The van der Waals surface area contributed by atoms with Gasteiger partial charge in [-0.2, -0.15) is 0 Å². The van der Waals surface area contributed by atoms with Crippen LogP contribution >= 0.6 is 0 Å². The van der Waals surface area contributed by atoms with Gasteiger partial charge >= 0.3 is 0 Å². The summed E-state index contributed by atoms with van der Waals surface area (Å²) in [7, 11) is 0. The average Bonchev–Trinajstić information content (AvgIpc) is 2.99. The van der Waals surface area contributed by atoms with E-state index in [-0.39, 0.29) is 0 Å². The summed E-state index contributed by atoms with van der Waals surface area (Å²) in [6, 6.07) is 0. The van der Waals surface area contributed by atoms with Crippen molar-refractivity contribution in [3.05, 3.63) is 28.9 Å². The van der Waals surface area contributed by atoms with Crippen LogP contribution in [0.2, 0.25) is 0 Å². The second kappa shape index (κ2) is 3.66. The zero-order chi connectivity index (χ0) is 12.0. The Kier molecular flexibility index (Phi) is 2.35. The first-order valence-corrected chi connectivity index (χ1v) is 6.56. The lowest BCUT2D eigenvalue weighted by Gasteiger charge is -2.36. The van der Waals surface area contributed by atoms with Gasteiger partial charge in [-0.25, -0.2) is 0 Å². The smallest absolute Gasteiger partial charge is 0.0841 e. The lowest BCUT2D eigenvalue weighted by atomic mass is 9.68. The van der Waals surface area contributed by atoms with Crippen LogP contribution in [0, 0.1) is 25.2 Å². The molecule has 2 nitrogen and oxygen atoms in total. The Morgan fingerprint density at radius 1 is 1.35 bits per heavy atom. The van der Waals surface area contributed by atoms with E-state index in [0.717, 1.165) is 28.4 Å². The first kappa shape index (κ1) is 10.9. The van der Waals surface area contributed by atoms with Crippen molar-refractivity contribution < 1.29 is 0 Å². The molecule has 0 amide bonds. The Bertz CT molecular complexity index is 476. The molecule has 0 saturated heterocycles. The van der Waals surface area contributed by atoms with Gasteiger partial charge in [0.15, 0.2) is 0 Å². The van der Waals surface area contributed by atoms with Crippen LogP contribution in [-0.2, 0) is 0 Å². The Hall–Kier alpha value is -1.18. The molecule has 0 aromatic carbocycles. The second-order valence-electron chi connectivity index (χ2n) is 5.98. The molecule has 0 radical (unpaired) electrons. The third kappa shape index (κ3) is 2.01. The van der Waals surface area contributed by atoms with E-state index in [2.05, 4.69) is 23.0 Å². The maximum absolute atomic E-state index is 4.47. The maximum atomic E-state index is 4.47. The largest absolute Gasteiger partial charge is 0.255 e. The fourth-order valence-electron chi connectivity index (χ4n) is 2.97. The summed E-state index contributed by atoms with van der Waals surface area (Å²) in [5.41, 5.74) is 5.37. The average molecular weight is 228 g/mol. The van der Waals surface area contributed by atoms with Gasteiger partial charge in [0.05, 0.1) is 17.1 Å². The van der Waals surface area contributed by atoms with E-state index in [1.165, 1.54) is 31.3 Å². The Labute approximate surface area is 103 Å². The molecule has 90 valence electrons. The van der Waals surface area contributed by atoms with Crippen molar-refractivity contribution in [2.24, 2.45) is 11.3 Å². The van der Waals surface area contributed by atoms with Crippen molar-refractivity contribution in [1.82, 2.24) is 9.97 Å². The molecule has 2 saturated carbocycles. The molecule has 0 bridgehead atoms. The molecule has 0 N–H and O–H groups in total. The van der Waals surface area contributed by atoms with Gasteiger partial charge in [-0.1, -0.05) is 5.57 Å². The summed E-state index contributed by atoms with van der Waals surface area (Å²) >= 11 is 0. The highest BCUT2D eigenvalue weighted by Crippen LogP contribution is 2.64. The SMILES string of the molecule is C/C(=C\c1ncc(C)nc1C)C1CC2(CC2)C1. The van der Waals surface area contributed by atoms with Gasteiger partial charge in [0.2, 0.25) is 0 Å². The van der Waals surface area contributed by atoms with E-state index in [1.807, 2.05) is 20.0 Å². The third-order valence-electron chi connectivity index (χ3n) is 4.43. The van der Waals surface area contributed by atoms with Gasteiger partial charge in [0.25, 0.3) is 0 Å². The van der Waals surface area contributed by atoms with Crippen molar-refractivity contribution in [2.75, 3.05) is 0 Å². The van der Waals surface area contributed by atoms with Gasteiger partial charge in [0.1, 0.15) is 0 Å². The number of allylic oxidation sites excluding steroid dienone is 1. The highest BCUT2D eigenvalue weighted by Gasteiger charge is 2.52. The molecular formula is C15H20N2. The van der Waals surface area contributed by atoms with Crippen LogP contribution in [-0.4, -0.2) is 9.97 Å². The van der Waals surface area contributed by atoms with Crippen molar-refractivity contribution in [2.45, 2.75) is 46.5 Å². The molecule has 1 heterocycles. The summed E-state index contributed by atoms with van der Waals surface area (Å²) in [4.78, 5) is 8.94. The monoisotopic (exact) mass is 228 g/mol.